The highest BCUT2D eigenvalue weighted by atomic mass is 32.2. The third-order valence-electron chi connectivity index (χ3n) is 5.24. The van der Waals surface area contributed by atoms with E-state index in [1.807, 2.05) is 12.4 Å². The topological polar surface area (TPSA) is 139 Å². The lowest BCUT2D eigenvalue weighted by molar-refractivity contribution is -0.119. The highest BCUT2D eigenvalue weighted by molar-refractivity contribution is 7.99. The zero-order valence-electron chi connectivity index (χ0n) is 16.8. The molecule has 156 valence electrons. The molecule has 0 aliphatic heterocycles. The number of nitrogen functional groups attached to an aromatic ring is 1. The average molecular weight is 426 g/mol. The number of aromatic nitrogens is 4. The third-order valence-corrected chi connectivity index (χ3v) is 6.40. The maximum atomic E-state index is 11.6. The first-order valence-corrected chi connectivity index (χ1v) is 10.6. The second-order valence-corrected chi connectivity index (χ2v) is 8.63. The first-order valence-electron chi connectivity index (χ1n) is 9.77. The number of hydrogen-bond acceptors (Lipinski definition) is 8. The number of hydrogen-bond donors (Lipinski definition) is 4. The largest absolute Gasteiger partial charge is 0.504 e. The van der Waals surface area contributed by atoms with Crippen molar-refractivity contribution in [3.63, 3.8) is 0 Å². The molecule has 1 aliphatic carbocycles. The molecular formula is C19H23BN6O3S. The fourth-order valence-electron chi connectivity index (χ4n) is 3.54. The van der Waals surface area contributed by atoms with Crippen molar-refractivity contribution in [1.29, 1.82) is 0 Å². The minimum atomic E-state index is -0.190. The molecule has 30 heavy (non-hydrogen) atoms. The van der Waals surface area contributed by atoms with Gasteiger partial charge in [-0.15, -0.1) is 0 Å². The van der Waals surface area contributed by atoms with E-state index in [-0.39, 0.29) is 23.4 Å². The predicted octanol–water partition coefficient (Wildman–Crippen LogP) is 0.534. The monoisotopic (exact) mass is 426 g/mol. The first-order chi connectivity index (χ1) is 14.3. The molecule has 0 bridgehead atoms. The summed E-state index contributed by atoms with van der Waals surface area (Å²) >= 11 is 1.36. The Hall–Kier alpha value is -2.95. The van der Waals surface area contributed by atoms with E-state index in [2.05, 4.69) is 20.3 Å². The lowest BCUT2D eigenvalue weighted by atomic mass is 9.96. The molecule has 1 fully saturated rings. The molecule has 3 aromatic rings. The fraction of sp³-hybridized carbons (Fsp3) is 0.368. The highest BCUT2D eigenvalue weighted by Gasteiger charge is 2.32. The molecule has 4 rings (SSSR count). The lowest BCUT2D eigenvalue weighted by Gasteiger charge is -2.18. The van der Waals surface area contributed by atoms with Crippen LogP contribution in [0.1, 0.15) is 26.2 Å². The number of nitrogens with two attached hydrogens (primary N) is 1. The Morgan fingerprint density at radius 2 is 2.10 bits per heavy atom. The molecule has 1 amide bonds. The Morgan fingerprint density at radius 3 is 2.80 bits per heavy atom. The van der Waals surface area contributed by atoms with Crippen molar-refractivity contribution >= 4 is 48.0 Å². The summed E-state index contributed by atoms with van der Waals surface area (Å²) in [4.78, 5) is 25.4. The molecule has 1 saturated carbocycles. The number of fused-ring (bicyclic) bond motifs is 1. The summed E-state index contributed by atoms with van der Waals surface area (Å²) in [7, 11) is 1.85. The van der Waals surface area contributed by atoms with Gasteiger partial charge in [-0.3, -0.25) is 4.79 Å². The van der Waals surface area contributed by atoms with E-state index in [1.165, 1.54) is 37.1 Å². The Morgan fingerprint density at radius 1 is 1.37 bits per heavy atom. The second-order valence-electron chi connectivity index (χ2n) is 7.62. The normalized spacial score (nSPS) is 14.7. The summed E-state index contributed by atoms with van der Waals surface area (Å²) in [6.45, 7) is 2.14. The van der Waals surface area contributed by atoms with E-state index < -0.39 is 0 Å². The molecule has 2 heterocycles. The van der Waals surface area contributed by atoms with Crippen molar-refractivity contribution in [3.05, 3.63) is 18.5 Å². The van der Waals surface area contributed by atoms with Crippen molar-refractivity contribution in [3.8, 4) is 11.5 Å². The van der Waals surface area contributed by atoms with Crippen LogP contribution in [0.5, 0.6) is 11.5 Å². The van der Waals surface area contributed by atoms with Crippen LogP contribution in [0.4, 0.5) is 5.82 Å². The van der Waals surface area contributed by atoms with E-state index >= 15 is 0 Å². The van der Waals surface area contributed by atoms with Gasteiger partial charge in [-0.05, 0) is 37.3 Å². The van der Waals surface area contributed by atoms with Crippen LogP contribution < -0.4 is 16.5 Å². The van der Waals surface area contributed by atoms with Gasteiger partial charge in [0.25, 0.3) is 0 Å². The summed E-state index contributed by atoms with van der Waals surface area (Å²) in [5.74, 6) is 0.425. The van der Waals surface area contributed by atoms with Crippen LogP contribution in [0.3, 0.4) is 0 Å². The van der Waals surface area contributed by atoms with Gasteiger partial charge in [0.2, 0.25) is 5.91 Å². The van der Waals surface area contributed by atoms with Crippen molar-refractivity contribution in [1.82, 2.24) is 24.8 Å². The van der Waals surface area contributed by atoms with E-state index in [0.717, 1.165) is 29.6 Å². The highest BCUT2D eigenvalue weighted by Crippen LogP contribution is 2.36. The number of aryl methyl sites for hydroxylation is 1. The third kappa shape index (κ3) is 4.16. The Balaban J connectivity index is 1.68. The minimum absolute atomic E-state index is 0.0289. The predicted molar refractivity (Wildman–Crippen MR) is 117 cm³/mol. The number of phenols is 2. The number of rotatable bonds is 7. The number of imidazole rings is 1. The number of carbonyl (C=O) groups is 1. The van der Waals surface area contributed by atoms with Gasteiger partial charge >= 0.3 is 0 Å². The molecule has 0 spiro atoms. The number of nitrogens with zero attached hydrogens (tertiary/aromatic N) is 4. The summed E-state index contributed by atoms with van der Waals surface area (Å²) in [6.07, 6.45) is 4.40. The van der Waals surface area contributed by atoms with Gasteiger partial charge in [-0.2, -0.15) is 0 Å². The number of benzene rings is 1. The standard InChI is InChI=1S/C19H23BN6O3S/c1-9(27)24-12(10-2-3-10)4-5-26-18-16(17(21)22-8-23-18)25-19(26)30-15-7-14(29)13(28)6-11(15)20/h6-8,10,12,28-29H,2-5,20H2,1H3,(H,24,27)(H2,21,22,23). The summed E-state index contributed by atoms with van der Waals surface area (Å²) in [6, 6.07) is 3.13. The SMILES string of the molecule is Bc1cc(O)c(O)cc1Sc1nc2c(N)ncnc2n1CCC(NC(C)=O)C1CC1. The minimum Gasteiger partial charge on any atom is -0.504 e. The van der Waals surface area contributed by atoms with Crippen molar-refractivity contribution < 1.29 is 15.0 Å². The molecule has 1 aliphatic rings. The number of aromatic hydroxyl groups is 2. The van der Waals surface area contributed by atoms with Crippen LogP contribution in [0.15, 0.2) is 28.5 Å². The second kappa shape index (κ2) is 8.06. The molecule has 0 radical (unpaired) electrons. The number of carbonyl (C=O) groups excluding carboxylic acids is 1. The smallest absolute Gasteiger partial charge is 0.217 e. The molecular weight excluding hydrogens is 403 g/mol. The molecule has 9 nitrogen and oxygen atoms in total. The molecule has 5 N–H and O–H groups in total. The molecule has 11 heteroatoms. The van der Waals surface area contributed by atoms with Crippen LogP contribution >= 0.6 is 11.8 Å². The van der Waals surface area contributed by atoms with Gasteiger partial charge in [-0.25, -0.2) is 15.0 Å². The molecule has 2 aromatic heterocycles. The Bertz CT molecular complexity index is 1120. The van der Waals surface area contributed by atoms with E-state index in [0.29, 0.717) is 34.6 Å². The molecule has 0 saturated heterocycles. The van der Waals surface area contributed by atoms with Crippen LogP contribution in [0, 0.1) is 5.92 Å². The zero-order valence-corrected chi connectivity index (χ0v) is 17.6. The van der Waals surface area contributed by atoms with Crippen molar-refractivity contribution in [2.24, 2.45) is 5.92 Å². The van der Waals surface area contributed by atoms with Crippen LogP contribution in [-0.4, -0.2) is 49.5 Å². The first kappa shape index (κ1) is 20.3. The molecule has 1 atom stereocenters. The zero-order chi connectivity index (χ0) is 21.4. The quantitative estimate of drug-likeness (QED) is 0.317. The summed E-state index contributed by atoms with van der Waals surface area (Å²) in [5, 5.41) is 23.3. The fourth-order valence-corrected chi connectivity index (χ4v) is 4.55. The average Bonchev–Trinajstić information content (AvgIpc) is 3.46. The van der Waals surface area contributed by atoms with Gasteiger partial charge in [0.05, 0.1) is 0 Å². The van der Waals surface area contributed by atoms with E-state index in [4.69, 9.17) is 5.73 Å². The van der Waals surface area contributed by atoms with E-state index in [1.54, 1.807) is 0 Å². The van der Waals surface area contributed by atoms with Gasteiger partial charge in [0, 0.05) is 24.4 Å². The van der Waals surface area contributed by atoms with Gasteiger partial charge in [0.1, 0.15) is 14.2 Å². The molecule has 1 unspecified atom stereocenters. The number of anilines is 1. The van der Waals surface area contributed by atoms with Gasteiger partial charge in [0.15, 0.2) is 33.6 Å². The summed E-state index contributed by atoms with van der Waals surface area (Å²) < 4.78 is 1.97. The number of nitrogens with one attached hydrogen (secondary N) is 1. The lowest BCUT2D eigenvalue weighted by Crippen LogP contribution is -2.35. The molecule has 1 aromatic carbocycles. The van der Waals surface area contributed by atoms with Crippen LogP contribution in [-0.2, 0) is 11.3 Å². The van der Waals surface area contributed by atoms with Crippen molar-refractivity contribution in [2.45, 2.75) is 48.8 Å². The van der Waals surface area contributed by atoms with Gasteiger partial charge < -0.3 is 25.8 Å². The number of phenolic OH excluding ortho intramolecular Hbond substituents is 2. The van der Waals surface area contributed by atoms with Crippen molar-refractivity contribution in [2.75, 3.05) is 5.73 Å². The van der Waals surface area contributed by atoms with E-state index in [9.17, 15) is 15.0 Å². The number of amides is 1. The van der Waals surface area contributed by atoms with Gasteiger partial charge in [-0.1, -0.05) is 17.2 Å². The maximum absolute atomic E-state index is 11.6. The Labute approximate surface area is 178 Å². The summed E-state index contributed by atoms with van der Waals surface area (Å²) in [5.41, 5.74) is 7.97. The van der Waals surface area contributed by atoms with Crippen LogP contribution in [0.2, 0.25) is 0 Å². The maximum Gasteiger partial charge on any atom is 0.217 e. The van der Waals surface area contributed by atoms with Crippen LogP contribution in [0.25, 0.3) is 11.2 Å². The Kier molecular flexibility index (Phi) is 5.46.